The highest BCUT2D eigenvalue weighted by molar-refractivity contribution is 5.92. The Bertz CT molecular complexity index is 708. The van der Waals surface area contributed by atoms with Crippen molar-refractivity contribution >= 4 is 5.91 Å². The number of likely N-dealkylation sites (tertiary alicyclic amines) is 1. The van der Waals surface area contributed by atoms with E-state index >= 15 is 0 Å². The molecular weight excluding hydrogens is 302 g/mol. The molecule has 1 aromatic carbocycles. The number of carbonyl (C=O) groups is 1. The number of hydrogen-bond donors (Lipinski definition) is 1. The largest absolute Gasteiger partial charge is 0.360 e. The van der Waals surface area contributed by atoms with E-state index in [2.05, 4.69) is 46.6 Å². The van der Waals surface area contributed by atoms with Crippen molar-refractivity contribution in [2.75, 3.05) is 6.54 Å². The van der Waals surface area contributed by atoms with Gasteiger partial charge < -0.3 is 9.84 Å². The molecule has 24 heavy (non-hydrogen) atoms. The monoisotopic (exact) mass is 325 g/mol. The van der Waals surface area contributed by atoms with Crippen molar-refractivity contribution in [2.24, 2.45) is 0 Å². The second-order valence-corrected chi connectivity index (χ2v) is 7.06. The normalized spacial score (nSPS) is 24.2. The molecule has 1 aliphatic heterocycles. The van der Waals surface area contributed by atoms with Gasteiger partial charge in [-0.15, -0.1) is 0 Å². The van der Waals surface area contributed by atoms with E-state index in [4.69, 9.17) is 4.52 Å². The van der Waals surface area contributed by atoms with Gasteiger partial charge in [-0.1, -0.05) is 35.5 Å². The molecule has 0 spiro atoms. The lowest BCUT2D eigenvalue weighted by Crippen LogP contribution is -2.37. The summed E-state index contributed by atoms with van der Waals surface area (Å²) < 4.78 is 5.27. The van der Waals surface area contributed by atoms with E-state index in [0.717, 1.165) is 38.1 Å². The van der Waals surface area contributed by atoms with Crippen LogP contribution in [0.5, 0.6) is 0 Å². The molecule has 0 radical (unpaired) electrons. The van der Waals surface area contributed by atoms with Gasteiger partial charge in [-0.05, 0) is 31.7 Å². The Balaban J connectivity index is 1.34. The summed E-state index contributed by atoms with van der Waals surface area (Å²) in [7, 11) is 0. The predicted molar refractivity (Wildman–Crippen MR) is 90.7 cm³/mol. The Morgan fingerprint density at radius 2 is 2.12 bits per heavy atom. The molecule has 0 unspecified atom stereocenters. The topological polar surface area (TPSA) is 58.4 Å². The third kappa shape index (κ3) is 3.36. The fraction of sp³-hybridized carbons (Fsp3) is 0.474. The number of carbonyl (C=O) groups excluding carboxylic acids is 1. The zero-order chi connectivity index (χ0) is 16.5. The zero-order valence-corrected chi connectivity index (χ0v) is 13.9. The molecule has 1 saturated heterocycles. The summed E-state index contributed by atoms with van der Waals surface area (Å²) in [5.41, 5.74) is 1.72. The van der Waals surface area contributed by atoms with Gasteiger partial charge in [0.25, 0.3) is 5.91 Å². The zero-order valence-electron chi connectivity index (χ0n) is 13.9. The minimum absolute atomic E-state index is 0.121. The number of hydrogen-bond acceptors (Lipinski definition) is 4. The highest BCUT2D eigenvalue weighted by atomic mass is 16.5. The fourth-order valence-electron chi connectivity index (χ4n) is 3.46. The molecule has 0 bridgehead atoms. The van der Waals surface area contributed by atoms with Crippen molar-refractivity contribution in [3.05, 3.63) is 53.4 Å². The molecule has 126 valence electrons. The minimum Gasteiger partial charge on any atom is -0.360 e. The smallest absolute Gasteiger partial charge is 0.273 e. The first-order valence-corrected chi connectivity index (χ1v) is 8.74. The number of nitrogens with one attached hydrogen (secondary N) is 1. The second-order valence-electron chi connectivity index (χ2n) is 7.06. The molecule has 1 aromatic heterocycles. The Kier molecular flexibility index (Phi) is 4.10. The summed E-state index contributed by atoms with van der Waals surface area (Å²) in [5, 5.41) is 7.04. The maximum Gasteiger partial charge on any atom is 0.273 e. The first kappa shape index (κ1) is 15.4. The third-order valence-corrected chi connectivity index (χ3v) is 5.01. The summed E-state index contributed by atoms with van der Waals surface area (Å²) >= 11 is 0. The van der Waals surface area contributed by atoms with Gasteiger partial charge in [-0.3, -0.25) is 9.69 Å². The lowest BCUT2D eigenvalue weighted by Gasteiger charge is -2.20. The van der Waals surface area contributed by atoms with Crippen LogP contribution in [0, 0.1) is 0 Å². The standard InChI is InChI=1S/C19H23N3O2/c1-13-9-16(12-22(13)11-14-5-3-2-4-6-14)20-19(23)17-10-18(24-21-17)15-7-8-15/h2-6,10,13,15-16H,7-9,11-12H2,1H3,(H,20,23)/t13-,16+/m1/s1. The molecular formula is C19H23N3O2. The molecule has 1 amide bonds. The highest BCUT2D eigenvalue weighted by Gasteiger charge is 2.32. The van der Waals surface area contributed by atoms with Gasteiger partial charge in [-0.25, -0.2) is 0 Å². The van der Waals surface area contributed by atoms with Gasteiger partial charge in [-0.2, -0.15) is 0 Å². The van der Waals surface area contributed by atoms with Gasteiger partial charge in [0.05, 0.1) is 0 Å². The van der Waals surface area contributed by atoms with Gasteiger partial charge >= 0.3 is 0 Å². The molecule has 4 rings (SSSR count). The Hall–Kier alpha value is -2.14. The van der Waals surface area contributed by atoms with E-state index in [9.17, 15) is 4.79 Å². The number of rotatable bonds is 5. The van der Waals surface area contributed by atoms with Crippen molar-refractivity contribution in [3.63, 3.8) is 0 Å². The molecule has 2 aliphatic rings. The quantitative estimate of drug-likeness (QED) is 0.918. The summed E-state index contributed by atoms with van der Waals surface area (Å²) in [6.45, 7) is 4.01. The van der Waals surface area contributed by atoms with Crippen LogP contribution in [0.4, 0.5) is 0 Å². The Morgan fingerprint density at radius 1 is 1.33 bits per heavy atom. The van der Waals surface area contributed by atoms with Crippen molar-refractivity contribution in [3.8, 4) is 0 Å². The van der Waals surface area contributed by atoms with E-state index in [-0.39, 0.29) is 11.9 Å². The Morgan fingerprint density at radius 3 is 2.88 bits per heavy atom. The fourth-order valence-corrected chi connectivity index (χ4v) is 3.46. The molecule has 2 heterocycles. The van der Waals surface area contributed by atoms with Gasteiger partial charge in [0, 0.05) is 37.2 Å². The molecule has 5 nitrogen and oxygen atoms in total. The first-order chi connectivity index (χ1) is 11.7. The maximum absolute atomic E-state index is 12.4. The first-order valence-electron chi connectivity index (χ1n) is 8.74. The number of benzene rings is 1. The summed E-state index contributed by atoms with van der Waals surface area (Å²) in [5.74, 6) is 1.21. The van der Waals surface area contributed by atoms with Gasteiger partial charge in [0.2, 0.25) is 0 Å². The number of amides is 1. The average molecular weight is 325 g/mol. The molecule has 1 aliphatic carbocycles. The van der Waals surface area contributed by atoms with E-state index < -0.39 is 0 Å². The van der Waals surface area contributed by atoms with Crippen molar-refractivity contribution in [1.82, 2.24) is 15.4 Å². The molecule has 1 saturated carbocycles. The summed E-state index contributed by atoms with van der Waals surface area (Å²) in [4.78, 5) is 14.8. The number of nitrogens with zero attached hydrogens (tertiary/aromatic N) is 2. The van der Waals surface area contributed by atoms with E-state index in [1.165, 1.54) is 5.56 Å². The van der Waals surface area contributed by atoms with Crippen LogP contribution >= 0.6 is 0 Å². The average Bonchev–Trinajstić information content (AvgIpc) is 3.21. The van der Waals surface area contributed by atoms with Crippen molar-refractivity contribution in [1.29, 1.82) is 0 Å². The van der Waals surface area contributed by atoms with Crippen molar-refractivity contribution in [2.45, 2.75) is 50.7 Å². The summed E-state index contributed by atoms with van der Waals surface area (Å²) in [6.07, 6.45) is 3.25. The maximum atomic E-state index is 12.4. The lowest BCUT2D eigenvalue weighted by atomic mass is 10.2. The van der Waals surface area contributed by atoms with Gasteiger partial charge in [0.1, 0.15) is 5.76 Å². The molecule has 2 aromatic rings. The van der Waals surface area contributed by atoms with Crippen LogP contribution in [0.3, 0.4) is 0 Å². The summed E-state index contributed by atoms with van der Waals surface area (Å²) in [6, 6.07) is 12.9. The van der Waals surface area contributed by atoms with Crippen LogP contribution in [0.2, 0.25) is 0 Å². The van der Waals surface area contributed by atoms with Crippen LogP contribution in [0.25, 0.3) is 0 Å². The Labute approximate surface area is 142 Å². The van der Waals surface area contributed by atoms with Crippen LogP contribution in [-0.4, -0.2) is 34.6 Å². The third-order valence-electron chi connectivity index (χ3n) is 5.01. The molecule has 5 heteroatoms. The van der Waals surface area contributed by atoms with Crippen LogP contribution in [0.1, 0.15) is 53.9 Å². The predicted octanol–water partition coefficient (Wildman–Crippen LogP) is 2.94. The highest BCUT2D eigenvalue weighted by Crippen LogP contribution is 2.40. The second kappa shape index (κ2) is 6.40. The minimum atomic E-state index is -0.121. The van der Waals surface area contributed by atoms with Crippen molar-refractivity contribution < 1.29 is 9.32 Å². The SMILES string of the molecule is C[C@@H]1C[C@H](NC(=O)c2cc(C3CC3)on2)CN1Cc1ccccc1. The lowest BCUT2D eigenvalue weighted by molar-refractivity contribution is 0.0928. The van der Waals surface area contributed by atoms with Crippen LogP contribution < -0.4 is 5.32 Å². The molecule has 1 N–H and O–H groups in total. The van der Waals surface area contributed by atoms with E-state index in [1.807, 2.05) is 6.07 Å². The van der Waals surface area contributed by atoms with Crippen LogP contribution in [-0.2, 0) is 6.54 Å². The van der Waals surface area contributed by atoms with Crippen LogP contribution in [0.15, 0.2) is 40.9 Å². The van der Waals surface area contributed by atoms with E-state index in [1.54, 1.807) is 6.07 Å². The van der Waals surface area contributed by atoms with E-state index in [0.29, 0.717) is 17.7 Å². The molecule has 2 atom stereocenters. The number of aromatic nitrogens is 1. The molecule has 2 fully saturated rings. The van der Waals surface area contributed by atoms with Gasteiger partial charge in [0.15, 0.2) is 5.69 Å².